The Morgan fingerprint density at radius 3 is 2.58 bits per heavy atom. The molecule has 1 rings (SSSR count). The zero-order valence-electron chi connectivity index (χ0n) is 12.8. The van der Waals surface area contributed by atoms with E-state index in [0.29, 0.717) is 6.61 Å². The van der Waals surface area contributed by atoms with E-state index < -0.39 is 0 Å². The molecule has 0 spiro atoms. The molecule has 0 aliphatic rings. The lowest BCUT2D eigenvalue weighted by Crippen LogP contribution is -2.25. The van der Waals surface area contributed by atoms with Gasteiger partial charge in [0, 0.05) is 39.2 Å². The number of nitrogens with one attached hydrogen (secondary N) is 1. The summed E-state index contributed by atoms with van der Waals surface area (Å²) in [6.07, 6.45) is 1.96. The molecule has 0 fully saturated rings. The quantitative estimate of drug-likeness (QED) is 0.782. The number of rotatable bonds is 8. The average Bonchev–Trinajstić information content (AvgIpc) is 2.40. The van der Waals surface area contributed by atoms with Gasteiger partial charge in [0.05, 0.1) is 6.61 Å². The number of anilines is 2. The highest BCUT2D eigenvalue weighted by atomic mass is 16.5. The SMILES string of the molecule is CCCc1nc(NCC)c(C)c(N(C)CCOC)n1. The summed E-state index contributed by atoms with van der Waals surface area (Å²) >= 11 is 0. The Bertz CT molecular complexity index is 395. The number of ether oxygens (including phenoxy) is 1. The van der Waals surface area contributed by atoms with Crippen LogP contribution in [-0.2, 0) is 11.2 Å². The largest absolute Gasteiger partial charge is 0.383 e. The molecule has 1 aromatic heterocycles. The van der Waals surface area contributed by atoms with Crippen LogP contribution < -0.4 is 10.2 Å². The van der Waals surface area contributed by atoms with Gasteiger partial charge in [0.1, 0.15) is 17.5 Å². The predicted octanol–water partition coefficient (Wildman–Crippen LogP) is 2.25. The molecule has 1 N–H and O–H groups in total. The van der Waals surface area contributed by atoms with Crippen LogP contribution in [0.5, 0.6) is 0 Å². The van der Waals surface area contributed by atoms with E-state index in [1.807, 2.05) is 7.05 Å². The first-order valence-corrected chi connectivity index (χ1v) is 6.95. The molecular weight excluding hydrogens is 240 g/mol. The zero-order valence-corrected chi connectivity index (χ0v) is 12.8. The van der Waals surface area contributed by atoms with Gasteiger partial charge in [0.25, 0.3) is 0 Å². The number of likely N-dealkylation sites (N-methyl/N-ethyl adjacent to an activating group) is 1. The molecule has 0 aliphatic carbocycles. The van der Waals surface area contributed by atoms with Gasteiger partial charge >= 0.3 is 0 Å². The van der Waals surface area contributed by atoms with Gasteiger partial charge in [-0.1, -0.05) is 6.92 Å². The normalized spacial score (nSPS) is 10.6. The van der Waals surface area contributed by atoms with Crippen LogP contribution in [0.4, 0.5) is 11.6 Å². The van der Waals surface area contributed by atoms with Crippen LogP contribution in [0.3, 0.4) is 0 Å². The summed E-state index contributed by atoms with van der Waals surface area (Å²) in [5, 5.41) is 3.32. The lowest BCUT2D eigenvalue weighted by molar-refractivity contribution is 0.206. The second kappa shape index (κ2) is 7.94. The molecule has 0 bridgehead atoms. The van der Waals surface area contributed by atoms with E-state index in [0.717, 1.165) is 49.0 Å². The van der Waals surface area contributed by atoms with Gasteiger partial charge in [-0.3, -0.25) is 0 Å². The fourth-order valence-electron chi connectivity index (χ4n) is 1.93. The highest BCUT2D eigenvalue weighted by Crippen LogP contribution is 2.23. The number of aromatic nitrogens is 2. The molecule has 0 atom stereocenters. The Hall–Kier alpha value is -1.36. The van der Waals surface area contributed by atoms with E-state index in [9.17, 15) is 0 Å². The van der Waals surface area contributed by atoms with E-state index in [1.165, 1.54) is 0 Å². The molecule has 1 aromatic rings. The number of hydrogen-bond acceptors (Lipinski definition) is 5. The van der Waals surface area contributed by atoms with Crippen molar-refractivity contribution in [3.63, 3.8) is 0 Å². The summed E-state index contributed by atoms with van der Waals surface area (Å²) in [7, 11) is 3.76. The number of hydrogen-bond donors (Lipinski definition) is 1. The Balaban J connectivity index is 3.05. The topological polar surface area (TPSA) is 50.3 Å². The van der Waals surface area contributed by atoms with Gasteiger partial charge < -0.3 is 15.0 Å². The highest BCUT2D eigenvalue weighted by molar-refractivity contribution is 5.58. The first kappa shape index (κ1) is 15.7. The van der Waals surface area contributed by atoms with E-state index in [1.54, 1.807) is 7.11 Å². The van der Waals surface area contributed by atoms with Crippen molar-refractivity contribution in [2.75, 3.05) is 44.1 Å². The number of aryl methyl sites for hydroxylation is 1. The van der Waals surface area contributed by atoms with Crippen LogP contribution in [0.25, 0.3) is 0 Å². The first-order valence-electron chi connectivity index (χ1n) is 6.95. The van der Waals surface area contributed by atoms with Crippen molar-refractivity contribution in [1.82, 2.24) is 9.97 Å². The second-order valence-electron chi connectivity index (χ2n) is 4.63. The molecule has 5 heteroatoms. The van der Waals surface area contributed by atoms with Crippen molar-refractivity contribution >= 4 is 11.6 Å². The average molecular weight is 266 g/mol. The lowest BCUT2D eigenvalue weighted by Gasteiger charge is -2.22. The van der Waals surface area contributed by atoms with Crippen molar-refractivity contribution in [1.29, 1.82) is 0 Å². The van der Waals surface area contributed by atoms with Crippen LogP contribution in [0, 0.1) is 6.92 Å². The van der Waals surface area contributed by atoms with Crippen LogP contribution >= 0.6 is 0 Å². The molecule has 0 amide bonds. The van der Waals surface area contributed by atoms with Crippen molar-refractivity contribution in [2.24, 2.45) is 0 Å². The molecule has 19 heavy (non-hydrogen) atoms. The summed E-state index contributed by atoms with van der Waals surface area (Å²) in [6, 6.07) is 0. The molecule has 5 nitrogen and oxygen atoms in total. The summed E-state index contributed by atoms with van der Waals surface area (Å²) in [4.78, 5) is 11.4. The van der Waals surface area contributed by atoms with E-state index in [4.69, 9.17) is 4.74 Å². The number of methoxy groups -OCH3 is 1. The summed E-state index contributed by atoms with van der Waals surface area (Å²) in [5.41, 5.74) is 1.10. The van der Waals surface area contributed by atoms with Gasteiger partial charge in [-0.2, -0.15) is 0 Å². The molecule has 0 saturated heterocycles. The van der Waals surface area contributed by atoms with Crippen LogP contribution in [0.2, 0.25) is 0 Å². The highest BCUT2D eigenvalue weighted by Gasteiger charge is 2.13. The van der Waals surface area contributed by atoms with Gasteiger partial charge in [-0.25, -0.2) is 9.97 Å². The third kappa shape index (κ3) is 4.35. The minimum atomic E-state index is 0.694. The molecule has 108 valence electrons. The van der Waals surface area contributed by atoms with E-state index >= 15 is 0 Å². The zero-order chi connectivity index (χ0) is 14.3. The molecule has 0 saturated carbocycles. The van der Waals surface area contributed by atoms with Gasteiger partial charge in [-0.05, 0) is 20.3 Å². The Labute approximate surface area is 116 Å². The molecular formula is C14H26N4O. The summed E-state index contributed by atoms with van der Waals surface area (Å²) in [5.74, 6) is 2.84. The third-order valence-corrected chi connectivity index (χ3v) is 2.98. The van der Waals surface area contributed by atoms with Crippen LogP contribution in [0.1, 0.15) is 31.7 Å². The molecule has 1 heterocycles. The Morgan fingerprint density at radius 2 is 2.00 bits per heavy atom. The minimum Gasteiger partial charge on any atom is -0.383 e. The smallest absolute Gasteiger partial charge is 0.137 e. The van der Waals surface area contributed by atoms with E-state index in [2.05, 4.69) is 41.0 Å². The number of nitrogens with zero attached hydrogens (tertiary/aromatic N) is 3. The molecule has 0 aromatic carbocycles. The van der Waals surface area contributed by atoms with E-state index in [-0.39, 0.29) is 0 Å². The Morgan fingerprint density at radius 1 is 1.26 bits per heavy atom. The second-order valence-corrected chi connectivity index (χ2v) is 4.63. The maximum atomic E-state index is 5.13. The van der Waals surface area contributed by atoms with Crippen LogP contribution in [-0.4, -0.2) is 43.8 Å². The molecule has 0 radical (unpaired) electrons. The summed E-state index contributed by atoms with van der Waals surface area (Å²) < 4.78 is 5.13. The van der Waals surface area contributed by atoms with Crippen molar-refractivity contribution in [3.8, 4) is 0 Å². The standard InChI is InChI=1S/C14H26N4O/c1-6-8-12-16-13(15-7-2)11(3)14(17-12)18(4)9-10-19-5/h6-10H2,1-5H3,(H,15,16,17). The molecule has 0 unspecified atom stereocenters. The lowest BCUT2D eigenvalue weighted by atomic mass is 10.2. The monoisotopic (exact) mass is 266 g/mol. The van der Waals surface area contributed by atoms with Crippen molar-refractivity contribution in [3.05, 3.63) is 11.4 Å². The predicted molar refractivity (Wildman–Crippen MR) is 80.1 cm³/mol. The minimum absolute atomic E-state index is 0.694. The first-order chi connectivity index (χ1) is 9.13. The summed E-state index contributed by atoms with van der Waals surface area (Å²) in [6.45, 7) is 8.67. The van der Waals surface area contributed by atoms with Crippen LogP contribution in [0.15, 0.2) is 0 Å². The van der Waals surface area contributed by atoms with Crippen molar-refractivity contribution < 1.29 is 4.74 Å². The maximum Gasteiger partial charge on any atom is 0.137 e. The fraction of sp³-hybridized carbons (Fsp3) is 0.714. The fourth-order valence-corrected chi connectivity index (χ4v) is 1.93. The van der Waals surface area contributed by atoms with Gasteiger partial charge in [0.2, 0.25) is 0 Å². The van der Waals surface area contributed by atoms with Gasteiger partial charge in [0.15, 0.2) is 0 Å². The molecule has 0 aliphatic heterocycles. The third-order valence-electron chi connectivity index (χ3n) is 2.98. The van der Waals surface area contributed by atoms with Crippen molar-refractivity contribution in [2.45, 2.75) is 33.6 Å². The maximum absolute atomic E-state index is 5.13. The Kier molecular flexibility index (Phi) is 6.56. The van der Waals surface area contributed by atoms with Gasteiger partial charge in [-0.15, -0.1) is 0 Å².